The maximum Gasteiger partial charge on any atom is 0.177 e. The third kappa shape index (κ3) is 1.73. The van der Waals surface area contributed by atoms with Crippen molar-refractivity contribution in [1.82, 2.24) is 10.3 Å². The maximum atomic E-state index is 5.39. The summed E-state index contributed by atoms with van der Waals surface area (Å²) in [6.07, 6.45) is 0.771. The van der Waals surface area contributed by atoms with Gasteiger partial charge in [0.15, 0.2) is 6.29 Å². The predicted molar refractivity (Wildman–Crippen MR) is 70.6 cm³/mol. The Morgan fingerprint density at radius 3 is 2.78 bits per heavy atom. The van der Waals surface area contributed by atoms with Crippen LogP contribution >= 0.6 is 0 Å². The summed E-state index contributed by atoms with van der Waals surface area (Å²) >= 11 is 0. The first-order chi connectivity index (χ1) is 8.85. The Kier molecular flexibility index (Phi) is 3.07. The summed E-state index contributed by atoms with van der Waals surface area (Å²) in [6.45, 7) is 0.947. The Morgan fingerprint density at radius 1 is 1.22 bits per heavy atom. The van der Waals surface area contributed by atoms with Gasteiger partial charge in [-0.3, -0.25) is 0 Å². The highest BCUT2D eigenvalue weighted by molar-refractivity contribution is 5.85. The second-order valence-electron chi connectivity index (χ2n) is 4.58. The molecule has 2 N–H and O–H groups in total. The zero-order chi connectivity index (χ0) is 12.5. The van der Waals surface area contributed by atoms with Gasteiger partial charge in [0, 0.05) is 37.4 Å². The van der Waals surface area contributed by atoms with E-state index in [4.69, 9.17) is 9.47 Å². The molecule has 4 nitrogen and oxygen atoms in total. The van der Waals surface area contributed by atoms with Crippen LogP contribution in [0.25, 0.3) is 10.9 Å². The zero-order valence-corrected chi connectivity index (χ0v) is 10.7. The van der Waals surface area contributed by atoms with E-state index in [1.807, 2.05) is 0 Å². The normalized spacial score (nSPS) is 19.4. The van der Waals surface area contributed by atoms with Gasteiger partial charge in [-0.2, -0.15) is 0 Å². The molecule has 96 valence electrons. The smallest absolute Gasteiger partial charge is 0.177 e. The van der Waals surface area contributed by atoms with Crippen LogP contribution in [0.4, 0.5) is 0 Å². The lowest BCUT2D eigenvalue weighted by Crippen LogP contribution is -2.39. The van der Waals surface area contributed by atoms with E-state index in [9.17, 15) is 0 Å². The molecule has 1 aromatic carbocycles. The molecule has 1 atom stereocenters. The van der Waals surface area contributed by atoms with E-state index in [2.05, 4.69) is 34.6 Å². The first-order valence-electron chi connectivity index (χ1n) is 6.23. The first kappa shape index (κ1) is 11.7. The number of ether oxygens (including phenoxy) is 2. The molecule has 0 bridgehead atoms. The number of hydrogen-bond donors (Lipinski definition) is 2. The minimum Gasteiger partial charge on any atom is -0.357 e. The Morgan fingerprint density at radius 2 is 2.00 bits per heavy atom. The number of fused-ring (bicyclic) bond motifs is 3. The van der Waals surface area contributed by atoms with E-state index < -0.39 is 0 Å². The first-order valence-corrected chi connectivity index (χ1v) is 6.23. The van der Waals surface area contributed by atoms with Crippen LogP contribution in [0.1, 0.15) is 17.3 Å². The molecule has 0 spiro atoms. The second kappa shape index (κ2) is 4.72. The van der Waals surface area contributed by atoms with Crippen molar-refractivity contribution in [1.29, 1.82) is 0 Å². The van der Waals surface area contributed by atoms with Gasteiger partial charge in [0.2, 0.25) is 0 Å². The quantitative estimate of drug-likeness (QED) is 0.814. The number of benzene rings is 1. The van der Waals surface area contributed by atoms with Crippen molar-refractivity contribution in [2.75, 3.05) is 20.8 Å². The molecular formula is C14H18N2O2. The number of H-pyrrole nitrogens is 1. The van der Waals surface area contributed by atoms with Gasteiger partial charge in [-0.1, -0.05) is 18.2 Å². The minimum atomic E-state index is -0.267. The highest BCUT2D eigenvalue weighted by Crippen LogP contribution is 2.32. The molecule has 1 aromatic heterocycles. The number of para-hydroxylation sites is 1. The molecule has 0 unspecified atom stereocenters. The molecule has 0 amide bonds. The molecule has 3 rings (SSSR count). The molecule has 4 heteroatoms. The molecule has 0 saturated carbocycles. The van der Waals surface area contributed by atoms with E-state index in [1.165, 1.54) is 22.2 Å². The Bertz CT molecular complexity index is 546. The van der Waals surface area contributed by atoms with Crippen LogP contribution < -0.4 is 5.32 Å². The topological polar surface area (TPSA) is 46.3 Å². The largest absolute Gasteiger partial charge is 0.357 e. The molecule has 1 aliphatic rings. The van der Waals surface area contributed by atoms with Crippen LogP contribution in [0, 0.1) is 0 Å². The molecular weight excluding hydrogens is 228 g/mol. The van der Waals surface area contributed by atoms with E-state index >= 15 is 0 Å². The fourth-order valence-corrected chi connectivity index (χ4v) is 2.81. The molecule has 0 saturated heterocycles. The second-order valence-corrected chi connectivity index (χ2v) is 4.58. The molecule has 0 aliphatic carbocycles. The number of hydrogen-bond acceptors (Lipinski definition) is 3. The fourth-order valence-electron chi connectivity index (χ4n) is 2.81. The molecule has 0 fully saturated rings. The van der Waals surface area contributed by atoms with Crippen molar-refractivity contribution >= 4 is 10.9 Å². The van der Waals surface area contributed by atoms with Gasteiger partial charge in [0.1, 0.15) is 0 Å². The fraction of sp³-hybridized carbons (Fsp3) is 0.429. The molecule has 0 radical (unpaired) electrons. The van der Waals surface area contributed by atoms with Crippen molar-refractivity contribution in [3.63, 3.8) is 0 Å². The predicted octanol–water partition coefficient (Wildman–Crippen LogP) is 1.97. The van der Waals surface area contributed by atoms with Crippen LogP contribution in [0.2, 0.25) is 0 Å². The van der Waals surface area contributed by atoms with Gasteiger partial charge in [-0.25, -0.2) is 0 Å². The van der Waals surface area contributed by atoms with E-state index in [1.54, 1.807) is 14.2 Å². The van der Waals surface area contributed by atoms with Gasteiger partial charge in [-0.05, 0) is 18.1 Å². The summed E-state index contributed by atoms with van der Waals surface area (Å²) in [6, 6.07) is 8.48. The Hall–Kier alpha value is -1.36. The number of nitrogens with one attached hydrogen (secondary N) is 2. The average Bonchev–Trinajstić information content (AvgIpc) is 2.80. The third-order valence-corrected chi connectivity index (χ3v) is 3.63. The zero-order valence-electron chi connectivity index (χ0n) is 10.7. The van der Waals surface area contributed by atoms with Gasteiger partial charge < -0.3 is 19.8 Å². The highest BCUT2D eigenvalue weighted by atomic mass is 16.7. The van der Waals surface area contributed by atoms with Gasteiger partial charge >= 0.3 is 0 Å². The van der Waals surface area contributed by atoms with E-state index in [-0.39, 0.29) is 12.3 Å². The molecule has 18 heavy (non-hydrogen) atoms. The van der Waals surface area contributed by atoms with E-state index in [0.29, 0.717) is 0 Å². The van der Waals surface area contributed by atoms with Crippen molar-refractivity contribution in [2.45, 2.75) is 18.8 Å². The summed E-state index contributed by atoms with van der Waals surface area (Å²) in [4.78, 5) is 3.49. The van der Waals surface area contributed by atoms with Gasteiger partial charge in [-0.15, -0.1) is 0 Å². The summed E-state index contributed by atoms with van der Waals surface area (Å²) < 4.78 is 10.8. The molecule has 1 aliphatic heterocycles. The maximum absolute atomic E-state index is 5.39. The van der Waals surface area contributed by atoms with Crippen molar-refractivity contribution in [3.8, 4) is 0 Å². The third-order valence-electron chi connectivity index (χ3n) is 3.63. The Labute approximate surface area is 106 Å². The average molecular weight is 246 g/mol. The van der Waals surface area contributed by atoms with Crippen LogP contribution in [0.3, 0.4) is 0 Å². The SMILES string of the molecule is COC(OC)[C@H]1NCCc2c1[nH]c1ccccc21. The summed E-state index contributed by atoms with van der Waals surface area (Å²) in [7, 11) is 3.35. The van der Waals surface area contributed by atoms with E-state index in [0.717, 1.165) is 13.0 Å². The van der Waals surface area contributed by atoms with Crippen LogP contribution in [-0.2, 0) is 15.9 Å². The van der Waals surface area contributed by atoms with Gasteiger partial charge in [0.05, 0.1) is 6.04 Å². The van der Waals surface area contributed by atoms with Crippen molar-refractivity contribution in [2.24, 2.45) is 0 Å². The summed E-state index contributed by atoms with van der Waals surface area (Å²) in [5.74, 6) is 0. The van der Waals surface area contributed by atoms with Crippen molar-refractivity contribution < 1.29 is 9.47 Å². The standard InChI is InChI=1S/C14H18N2O2/c1-17-14(18-2)13-12-10(7-8-15-13)9-5-3-4-6-11(9)16-12/h3-6,13-16H,7-8H2,1-2H3/t13-/m0/s1. The number of methoxy groups -OCH3 is 2. The Balaban J connectivity index is 2.10. The van der Waals surface area contributed by atoms with Crippen molar-refractivity contribution in [3.05, 3.63) is 35.5 Å². The summed E-state index contributed by atoms with van der Waals surface area (Å²) in [5, 5.41) is 4.77. The lowest BCUT2D eigenvalue weighted by Gasteiger charge is -2.29. The number of aromatic nitrogens is 1. The van der Waals surface area contributed by atoms with Crippen LogP contribution in [-0.4, -0.2) is 32.0 Å². The number of aromatic amines is 1. The lowest BCUT2D eigenvalue weighted by atomic mass is 9.99. The van der Waals surface area contributed by atoms with Crippen LogP contribution in [0.15, 0.2) is 24.3 Å². The molecule has 2 aromatic rings. The lowest BCUT2D eigenvalue weighted by molar-refractivity contribution is -0.125. The summed E-state index contributed by atoms with van der Waals surface area (Å²) in [5.41, 5.74) is 3.76. The van der Waals surface area contributed by atoms with Gasteiger partial charge in [0.25, 0.3) is 0 Å². The number of rotatable bonds is 3. The minimum absolute atomic E-state index is 0.0659. The monoisotopic (exact) mass is 246 g/mol. The molecule has 2 heterocycles. The highest BCUT2D eigenvalue weighted by Gasteiger charge is 2.30. The van der Waals surface area contributed by atoms with Crippen LogP contribution in [0.5, 0.6) is 0 Å².